The molecular formula is C22H28N6O3. The smallest absolute Gasteiger partial charge is 0.223 e. The van der Waals surface area contributed by atoms with Crippen LogP contribution in [-0.2, 0) is 29.6 Å². The molecule has 164 valence electrons. The summed E-state index contributed by atoms with van der Waals surface area (Å²) in [4.78, 5) is 31.5. The Morgan fingerprint density at radius 1 is 1.19 bits per heavy atom. The summed E-state index contributed by atoms with van der Waals surface area (Å²) in [5.74, 6) is 1.37. The lowest BCUT2D eigenvalue weighted by molar-refractivity contribution is -0.132. The lowest BCUT2D eigenvalue weighted by atomic mass is 9.93. The fourth-order valence-electron chi connectivity index (χ4n) is 4.11. The van der Waals surface area contributed by atoms with Crippen molar-refractivity contribution in [2.45, 2.75) is 45.6 Å². The third kappa shape index (κ3) is 4.92. The van der Waals surface area contributed by atoms with E-state index in [-0.39, 0.29) is 11.8 Å². The normalized spacial score (nSPS) is 14.8. The van der Waals surface area contributed by atoms with E-state index < -0.39 is 0 Å². The molecule has 1 aliphatic rings. The van der Waals surface area contributed by atoms with Gasteiger partial charge >= 0.3 is 0 Å². The maximum atomic E-state index is 12.7. The number of piperidine rings is 1. The van der Waals surface area contributed by atoms with Crippen molar-refractivity contribution in [2.75, 3.05) is 13.1 Å². The van der Waals surface area contributed by atoms with Crippen LogP contribution < -0.4 is 5.32 Å². The van der Waals surface area contributed by atoms with E-state index in [9.17, 15) is 9.59 Å². The highest BCUT2D eigenvalue weighted by molar-refractivity contribution is 5.78. The number of hydrogen-bond acceptors (Lipinski definition) is 6. The van der Waals surface area contributed by atoms with E-state index >= 15 is 0 Å². The number of carbonyl (C=O) groups is 2. The molecule has 0 spiro atoms. The molecule has 9 heteroatoms. The van der Waals surface area contributed by atoms with Crippen molar-refractivity contribution in [2.24, 2.45) is 13.0 Å². The molecule has 3 heterocycles. The molecule has 0 radical (unpaired) electrons. The molecular weight excluding hydrogens is 396 g/mol. The quantitative estimate of drug-likeness (QED) is 0.623. The van der Waals surface area contributed by atoms with Gasteiger partial charge in [0.1, 0.15) is 17.2 Å². The average Bonchev–Trinajstić information content (AvgIpc) is 3.34. The minimum absolute atomic E-state index is 0.00553. The molecule has 1 N–H and O–H groups in total. The molecule has 4 rings (SSSR count). The number of fused-ring (bicyclic) bond motifs is 1. The Balaban J connectivity index is 1.20. The predicted molar refractivity (Wildman–Crippen MR) is 114 cm³/mol. The first-order valence-corrected chi connectivity index (χ1v) is 10.7. The Bertz CT molecular complexity index is 1060. The Morgan fingerprint density at radius 2 is 1.97 bits per heavy atom. The highest BCUT2D eigenvalue weighted by atomic mass is 16.6. The van der Waals surface area contributed by atoms with E-state index in [0.717, 1.165) is 29.7 Å². The van der Waals surface area contributed by atoms with E-state index in [4.69, 9.17) is 0 Å². The average molecular weight is 425 g/mol. The molecule has 0 bridgehead atoms. The van der Waals surface area contributed by atoms with Gasteiger partial charge in [-0.15, -0.1) is 0 Å². The Morgan fingerprint density at radius 3 is 2.68 bits per heavy atom. The molecule has 1 saturated heterocycles. The Kier molecular flexibility index (Phi) is 6.29. The molecule has 9 nitrogen and oxygen atoms in total. The maximum absolute atomic E-state index is 12.7. The monoisotopic (exact) mass is 424 g/mol. The number of imidazole rings is 1. The van der Waals surface area contributed by atoms with Crippen LogP contribution in [0.5, 0.6) is 0 Å². The summed E-state index contributed by atoms with van der Waals surface area (Å²) in [5, 5.41) is 10.3. The fraction of sp³-hybridized carbons (Fsp3) is 0.500. The molecule has 2 aromatic heterocycles. The van der Waals surface area contributed by atoms with Gasteiger partial charge < -0.3 is 14.8 Å². The summed E-state index contributed by atoms with van der Waals surface area (Å²) in [6.45, 7) is 3.52. The van der Waals surface area contributed by atoms with Crippen LogP contribution >= 0.6 is 0 Å². The van der Waals surface area contributed by atoms with Crippen LogP contribution in [0.25, 0.3) is 11.0 Å². The number of para-hydroxylation sites is 2. The van der Waals surface area contributed by atoms with Crippen LogP contribution in [-0.4, -0.2) is 49.7 Å². The van der Waals surface area contributed by atoms with Gasteiger partial charge in [-0.25, -0.2) is 9.61 Å². The van der Waals surface area contributed by atoms with Crippen molar-refractivity contribution in [3.05, 3.63) is 41.5 Å². The molecule has 0 atom stereocenters. The Hall–Kier alpha value is -3.23. The zero-order valence-corrected chi connectivity index (χ0v) is 18.0. The van der Waals surface area contributed by atoms with Crippen molar-refractivity contribution < 1.29 is 14.2 Å². The van der Waals surface area contributed by atoms with Gasteiger partial charge in [0.2, 0.25) is 11.8 Å². The third-order valence-electron chi connectivity index (χ3n) is 6.08. The van der Waals surface area contributed by atoms with Gasteiger partial charge in [-0.1, -0.05) is 22.4 Å². The Labute approximate surface area is 180 Å². The second kappa shape index (κ2) is 9.28. The number of nitrogens with zero attached hydrogens (tertiary/aromatic N) is 5. The molecule has 2 amide bonds. The van der Waals surface area contributed by atoms with Crippen LogP contribution in [0.4, 0.5) is 0 Å². The highest BCUT2D eigenvalue weighted by Crippen LogP contribution is 2.22. The second-order valence-corrected chi connectivity index (χ2v) is 8.18. The summed E-state index contributed by atoms with van der Waals surface area (Å²) in [5.41, 5.74) is 3.38. The molecule has 1 aliphatic heterocycles. The lowest BCUT2D eigenvalue weighted by Crippen LogP contribution is -2.39. The first kappa shape index (κ1) is 21.0. The summed E-state index contributed by atoms with van der Waals surface area (Å²) in [7, 11) is 1.99. The zero-order valence-electron chi connectivity index (χ0n) is 18.0. The molecule has 3 aromatic rings. The topological polar surface area (TPSA) is 106 Å². The minimum Gasteiger partial charge on any atom is -0.350 e. The number of benzene rings is 1. The van der Waals surface area contributed by atoms with Crippen molar-refractivity contribution in [3.8, 4) is 0 Å². The van der Waals surface area contributed by atoms with Crippen LogP contribution in [0.3, 0.4) is 0 Å². The standard InChI is InChI=1S/C22H28N6O3/c1-15-18(26-31-25-15)14-23-21(29)13-16-9-11-28(12-10-16)22(30)8-7-20-24-17-5-3-4-6-19(17)27(20)2/h3-6,16H,7-14H2,1-2H3,(H,23,29). The van der Waals surface area contributed by atoms with Crippen LogP contribution in [0.1, 0.15) is 42.9 Å². The number of carbonyl (C=O) groups excluding carboxylic acids is 2. The summed E-state index contributed by atoms with van der Waals surface area (Å²) in [6, 6.07) is 8.00. The van der Waals surface area contributed by atoms with Crippen molar-refractivity contribution in [1.82, 2.24) is 30.1 Å². The fourth-order valence-corrected chi connectivity index (χ4v) is 4.11. The number of hydrogen-bond donors (Lipinski definition) is 1. The van der Waals surface area contributed by atoms with Crippen LogP contribution in [0, 0.1) is 12.8 Å². The molecule has 1 aromatic carbocycles. The molecule has 0 aliphatic carbocycles. The van der Waals surface area contributed by atoms with Crippen LogP contribution in [0.2, 0.25) is 0 Å². The van der Waals surface area contributed by atoms with Gasteiger partial charge in [0.05, 0.1) is 17.6 Å². The van der Waals surface area contributed by atoms with Crippen molar-refractivity contribution in [1.29, 1.82) is 0 Å². The zero-order chi connectivity index (χ0) is 21.8. The van der Waals surface area contributed by atoms with Gasteiger partial charge in [-0.3, -0.25) is 9.59 Å². The van der Waals surface area contributed by atoms with Crippen LogP contribution in [0.15, 0.2) is 28.9 Å². The summed E-state index contributed by atoms with van der Waals surface area (Å²) < 4.78 is 6.70. The number of likely N-dealkylation sites (tertiary alicyclic amines) is 1. The van der Waals surface area contributed by atoms with E-state index in [1.807, 2.05) is 36.2 Å². The highest BCUT2D eigenvalue weighted by Gasteiger charge is 2.24. The largest absolute Gasteiger partial charge is 0.350 e. The van der Waals surface area contributed by atoms with E-state index in [2.05, 4.69) is 29.8 Å². The second-order valence-electron chi connectivity index (χ2n) is 8.18. The van der Waals surface area contributed by atoms with E-state index in [0.29, 0.717) is 56.2 Å². The van der Waals surface area contributed by atoms with Gasteiger partial charge in [0, 0.05) is 39.4 Å². The number of aromatic nitrogens is 4. The first-order valence-electron chi connectivity index (χ1n) is 10.7. The van der Waals surface area contributed by atoms with Crippen molar-refractivity contribution >= 4 is 22.8 Å². The van der Waals surface area contributed by atoms with E-state index in [1.165, 1.54) is 0 Å². The predicted octanol–water partition coefficient (Wildman–Crippen LogP) is 2.14. The van der Waals surface area contributed by atoms with Crippen molar-refractivity contribution in [3.63, 3.8) is 0 Å². The van der Waals surface area contributed by atoms with Gasteiger partial charge in [0.15, 0.2) is 0 Å². The molecule has 0 saturated carbocycles. The summed E-state index contributed by atoms with van der Waals surface area (Å²) in [6.07, 6.45) is 3.23. The van der Waals surface area contributed by atoms with Gasteiger partial charge in [-0.05, 0) is 37.8 Å². The molecule has 0 unspecified atom stereocenters. The maximum Gasteiger partial charge on any atom is 0.223 e. The number of rotatable bonds is 7. The molecule has 31 heavy (non-hydrogen) atoms. The number of amides is 2. The van der Waals surface area contributed by atoms with E-state index in [1.54, 1.807) is 6.92 Å². The van der Waals surface area contributed by atoms with Gasteiger partial charge in [-0.2, -0.15) is 0 Å². The lowest BCUT2D eigenvalue weighted by Gasteiger charge is -2.31. The van der Waals surface area contributed by atoms with Gasteiger partial charge in [0.25, 0.3) is 0 Å². The SMILES string of the molecule is Cc1nonc1CNC(=O)CC1CCN(C(=O)CCc2nc3ccccc3n2C)CC1. The minimum atomic E-state index is -0.00553. The number of nitrogens with one attached hydrogen (secondary N) is 1. The third-order valence-corrected chi connectivity index (χ3v) is 6.08. The molecule has 1 fully saturated rings. The first-order chi connectivity index (χ1) is 15.0. The number of aryl methyl sites for hydroxylation is 3. The summed E-state index contributed by atoms with van der Waals surface area (Å²) >= 11 is 0.